The summed E-state index contributed by atoms with van der Waals surface area (Å²) >= 11 is 0. The Balaban J connectivity index is 1.64. The van der Waals surface area contributed by atoms with Crippen molar-refractivity contribution in [3.05, 3.63) is 84.9 Å². The third-order valence-electron chi connectivity index (χ3n) is 6.20. The first-order valence-corrected chi connectivity index (χ1v) is 10.4. The number of H-pyrrole nitrogens is 1. The molecule has 6 aromatic rings. The summed E-state index contributed by atoms with van der Waals surface area (Å²) in [6, 6.07) is 29.8. The molecule has 0 saturated heterocycles. The van der Waals surface area contributed by atoms with Crippen LogP contribution in [0.2, 0.25) is 0 Å². The van der Waals surface area contributed by atoms with Gasteiger partial charge in [-0.05, 0) is 34.0 Å². The molecule has 1 N–H and O–H groups in total. The number of nitrogens with one attached hydrogen (secondary N) is 1. The van der Waals surface area contributed by atoms with E-state index in [0.29, 0.717) is 0 Å². The molecule has 150 valence electrons. The van der Waals surface area contributed by atoms with Crippen LogP contribution in [-0.4, -0.2) is 19.2 Å². The number of methoxy groups -OCH3 is 2. The molecule has 0 fully saturated rings. The topological polar surface area (TPSA) is 34.2 Å². The lowest BCUT2D eigenvalue weighted by Crippen LogP contribution is -1.87. The summed E-state index contributed by atoms with van der Waals surface area (Å²) in [6.07, 6.45) is 0. The lowest BCUT2D eigenvalue weighted by atomic mass is 9.96. The molecule has 0 aliphatic heterocycles. The van der Waals surface area contributed by atoms with Gasteiger partial charge in [-0.1, -0.05) is 66.7 Å². The lowest BCUT2D eigenvalue weighted by Gasteiger charge is -2.11. The second kappa shape index (κ2) is 6.78. The van der Waals surface area contributed by atoms with E-state index in [2.05, 4.69) is 77.8 Å². The second-order valence-corrected chi connectivity index (χ2v) is 7.79. The minimum Gasteiger partial charge on any atom is -0.496 e. The molecule has 0 bridgehead atoms. The molecule has 3 heteroatoms. The zero-order valence-electron chi connectivity index (χ0n) is 17.4. The van der Waals surface area contributed by atoms with Crippen LogP contribution in [-0.2, 0) is 0 Å². The third-order valence-corrected chi connectivity index (χ3v) is 6.20. The van der Waals surface area contributed by atoms with Crippen molar-refractivity contribution in [2.75, 3.05) is 14.2 Å². The maximum atomic E-state index is 5.66. The van der Waals surface area contributed by atoms with Crippen LogP contribution in [0.25, 0.3) is 54.5 Å². The molecule has 0 unspecified atom stereocenters. The molecule has 0 radical (unpaired) electrons. The Bertz CT molecular complexity index is 1610. The number of aromatic amines is 1. The fraction of sp³-hybridized carbons (Fsp3) is 0.0714. The van der Waals surface area contributed by atoms with Crippen molar-refractivity contribution in [3.63, 3.8) is 0 Å². The molecule has 6 rings (SSSR count). The van der Waals surface area contributed by atoms with Gasteiger partial charge < -0.3 is 14.5 Å². The quantitative estimate of drug-likeness (QED) is 0.336. The van der Waals surface area contributed by atoms with Crippen molar-refractivity contribution < 1.29 is 9.47 Å². The van der Waals surface area contributed by atoms with E-state index >= 15 is 0 Å². The minimum atomic E-state index is 0.885. The summed E-state index contributed by atoms with van der Waals surface area (Å²) in [4.78, 5) is 3.62. The van der Waals surface area contributed by atoms with Gasteiger partial charge in [-0.3, -0.25) is 0 Å². The maximum Gasteiger partial charge on any atom is 0.128 e. The third kappa shape index (κ3) is 2.60. The highest BCUT2D eigenvalue weighted by Gasteiger charge is 2.14. The molecule has 1 aromatic heterocycles. The highest BCUT2D eigenvalue weighted by Crippen LogP contribution is 2.40. The smallest absolute Gasteiger partial charge is 0.128 e. The van der Waals surface area contributed by atoms with Gasteiger partial charge in [0, 0.05) is 33.1 Å². The molecular weight excluding hydrogens is 382 g/mol. The SMILES string of the molecule is COc1ccc(-c2ccc3c(c2)[nH]c2cc(OC)c4ccccc4c23)c2ccccc12. The average molecular weight is 403 g/mol. The van der Waals surface area contributed by atoms with Crippen molar-refractivity contribution in [1.82, 2.24) is 4.98 Å². The number of ether oxygens (including phenoxy) is 2. The Morgan fingerprint density at radius 3 is 1.97 bits per heavy atom. The van der Waals surface area contributed by atoms with Crippen LogP contribution in [0.3, 0.4) is 0 Å². The van der Waals surface area contributed by atoms with E-state index in [1.807, 2.05) is 12.1 Å². The first-order valence-electron chi connectivity index (χ1n) is 10.4. The van der Waals surface area contributed by atoms with E-state index < -0.39 is 0 Å². The fourth-order valence-corrected chi connectivity index (χ4v) is 4.78. The van der Waals surface area contributed by atoms with Crippen molar-refractivity contribution >= 4 is 43.4 Å². The summed E-state index contributed by atoms with van der Waals surface area (Å²) in [5.74, 6) is 1.78. The van der Waals surface area contributed by atoms with Gasteiger partial charge in [-0.2, -0.15) is 0 Å². The zero-order chi connectivity index (χ0) is 20.9. The molecule has 0 saturated carbocycles. The predicted molar refractivity (Wildman–Crippen MR) is 129 cm³/mol. The van der Waals surface area contributed by atoms with Crippen molar-refractivity contribution in [1.29, 1.82) is 0 Å². The van der Waals surface area contributed by atoms with E-state index in [1.165, 1.54) is 32.7 Å². The Hall–Kier alpha value is -3.98. The molecule has 3 nitrogen and oxygen atoms in total. The summed E-state index contributed by atoms with van der Waals surface area (Å²) < 4.78 is 11.2. The van der Waals surface area contributed by atoms with Crippen molar-refractivity contribution in [2.45, 2.75) is 0 Å². The normalized spacial score (nSPS) is 11.5. The summed E-state index contributed by atoms with van der Waals surface area (Å²) in [5.41, 5.74) is 4.57. The molecule has 31 heavy (non-hydrogen) atoms. The van der Waals surface area contributed by atoms with Crippen LogP contribution in [0.1, 0.15) is 0 Å². The molecule has 0 amide bonds. The number of hydrogen-bond donors (Lipinski definition) is 1. The van der Waals surface area contributed by atoms with E-state index in [1.54, 1.807) is 14.2 Å². The minimum absolute atomic E-state index is 0.885. The van der Waals surface area contributed by atoms with Crippen LogP contribution >= 0.6 is 0 Å². The van der Waals surface area contributed by atoms with E-state index in [-0.39, 0.29) is 0 Å². The van der Waals surface area contributed by atoms with Gasteiger partial charge in [0.05, 0.1) is 19.7 Å². The Morgan fingerprint density at radius 1 is 0.548 bits per heavy atom. The number of rotatable bonds is 3. The zero-order valence-corrected chi connectivity index (χ0v) is 17.4. The van der Waals surface area contributed by atoms with Gasteiger partial charge in [-0.25, -0.2) is 0 Å². The molecular formula is C28H21NO2. The van der Waals surface area contributed by atoms with Crippen molar-refractivity contribution in [3.8, 4) is 22.6 Å². The Morgan fingerprint density at radius 2 is 1.23 bits per heavy atom. The van der Waals surface area contributed by atoms with Crippen LogP contribution in [0, 0.1) is 0 Å². The summed E-state index contributed by atoms with van der Waals surface area (Å²) in [6.45, 7) is 0. The van der Waals surface area contributed by atoms with E-state index in [0.717, 1.165) is 33.3 Å². The highest BCUT2D eigenvalue weighted by atomic mass is 16.5. The molecule has 0 aliphatic rings. The molecule has 0 atom stereocenters. The predicted octanol–water partition coefficient (Wildman–Crippen LogP) is 7.31. The summed E-state index contributed by atoms with van der Waals surface area (Å²) in [5, 5.41) is 7.08. The van der Waals surface area contributed by atoms with Crippen LogP contribution in [0.15, 0.2) is 84.9 Å². The largest absolute Gasteiger partial charge is 0.496 e. The second-order valence-electron chi connectivity index (χ2n) is 7.79. The van der Waals surface area contributed by atoms with Gasteiger partial charge in [0.1, 0.15) is 11.5 Å². The standard InChI is InChI=1S/C28H21NO2/c1-30-26-14-13-18(19-7-3-4-8-20(19)26)17-11-12-23-24(15-17)29-25-16-27(31-2)21-9-5-6-10-22(21)28(23)25/h3-16,29H,1-2H3. The maximum absolute atomic E-state index is 5.66. The first kappa shape index (κ1) is 17.8. The molecule has 0 aliphatic carbocycles. The number of aromatic nitrogens is 1. The number of hydrogen-bond acceptors (Lipinski definition) is 2. The number of benzene rings is 5. The van der Waals surface area contributed by atoms with Gasteiger partial charge in [0.2, 0.25) is 0 Å². The highest BCUT2D eigenvalue weighted by molar-refractivity contribution is 6.22. The average Bonchev–Trinajstić information content (AvgIpc) is 3.20. The molecule has 5 aromatic carbocycles. The van der Waals surface area contributed by atoms with Gasteiger partial charge in [-0.15, -0.1) is 0 Å². The van der Waals surface area contributed by atoms with E-state index in [9.17, 15) is 0 Å². The van der Waals surface area contributed by atoms with Gasteiger partial charge in [0.25, 0.3) is 0 Å². The van der Waals surface area contributed by atoms with E-state index in [4.69, 9.17) is 9.47 Å². The monoisotopic (exact) mass is 403 g/mol. The van der Waals surface area contributed by atoms with Crippen LogP contribution < -0.4 is 9.47 Å². The molecule has 1 heterocycles. The van der Waals surface area contributed by atoms with Crippen molar-refractivity contribution in [2.24, 2.45) is 0 Å². The molecule has 0 spiro atoms. The Labute approximate surface area is 179 Å². The fourth-order valence-electron chi connectivity index (χ4n) is 4.78. The van der Waals surface area contributed by atoms with Crippen LogP contribution in [0.4, 0.5) is 0 Å². The summed E-state index contributed by atoms with van der Waals surface area (Å²) in [7, 11) is 3.44. The lowest BCUT2D eigenvalue weighted by molar-refractivity contribution is 0.420. The number of fused-ring (bicyclic) bond motifs is 6. The van der Waals surface area contributed by atoms with Gasteiger partial charge >= 0.3 is 0 Å². The first-order chi connectivity index (χ1) is 15.3. The van der Waals surface area contributed by atoms with Crippen LogP contribution in [0.5, 0.6) is 11.5 Å². The Kier molecular flexibility index (Phi) is 3.90. The van der Waals surface area contributed by atoms with Gasteiger partial charge in [0.15, 0.2) is 0 Å².